The second kappa shape index (κ2) is 10.3. The molecule has 0 saturated carbocycles. The molecule has 9 nitrogen and oxygen atoms in total. The Hall–Kier alpha value is -2.72. The van der Waals surface area contributed by atoms with Crippen LogP contribution in [0.4, 0.5) is 5.69 Å². The van der Waals surface area contributed by atoms with Gasteiger partial charge in [0.1, 0.15) is 38.9 Å². The Bertz CT molecular complexity index is 899. The number of morpholine rings is 1. The third-order valence-corrected chi connectivity index (χ3v) is 5.86. The topological polar surface area (TPSA) is 100 Å². The molecule has 0 radical (unpaired) electrons. The van der Waals surface area contributed by atoms with E-state index in [9.17, 15) is 15.2 Å². The minimum absolute atomic E-state index is 0.0762. The van der Waals surface area contributed by atoms with Crippen LogP contribution in [-0.2, 0) is 16.0 Å². The predicted molar refractivity (Wildman–Crippen MR) is 116 cm³/mol. The molecule has 0 aromatic heterocycles. The van der Waals surface area contributed by atoms with Crippen molar-refractivity contribution in [2.75, 3.05) is 52.7 Å². The zero-order valence-corrected chi connectivity index (χ0v) is 17.9. The van der Waals surface area contributed by atoms with E-state index in [1.807, 2.05) is 24.3 Å². The van der Waals surface area contributed by atoms with Gasteiger partial charge in [-0.25, -0.2) is 0 Å². The number of aliphatic hydroxyl groups is 1. The lowest BCUT2D eigenvalue weighted by Crippen LogP contribution is -2.58. The van der Waals surface area contributed by atoms with Crippen LogP contribution in [0, 0.1) is 10.1 Å². The molecule has 1 saturated heterocycles. The molecule has 32 heavy (non-hydrogen) atoms. The van der Waals surface area contributed by atoms with Gasteiger partial charge in [0, 0.05) is 17.7 Å². The van der Waals surface area contributed by atoms with Gasteiger partial charge in [0.15, 0.2) is 17.6 Å². The summed E-state index contributed by atoms with van der Waals surface area (Å²) in [7, 11) is 0. The Morgan fingerprint density at radius 1 is 1.12 bits per heavy atom. The Balaban J connectivity index is 1.29. The van der Waals surface area contributed by atoms with Gasteiger partial charge in [0.2, 0.25) is 0 Å². The Morgan fingerprint density at radius 2 is 1.84 bits per heavy atom. The molecule has 2 aliphatic rings. The quantitative estimate of drug-likeness (QED) is 0.359. The summed E-state index contributed by atoms with van der Waals surface area (Å²) in [5, 5.41) is 21.6. The second-order valence-corrected chi connectivity index (χ2v) is 8.35. The van der Waals surface area contributed by atoms with Gasteiger partial charge in [-0.2, -0.15) is 0 Å². The number of ether oxygens (including phenoxy) is 4. The highest BCUT2D eigenvalue weighted by Crippen LogP contribution is 2.31. The van der Waals surface area contributed by atoms with Gasteiger partial charge in [-0.15, -0.1) is 0 Å². The van der Waals surface area contributed by atoms with Gasteiger partial charge < -0.3 is 28.5 Å². The molecule has 2 aromatic carbocycles. The standard InChI is InChI=1S/C23H29N2O7/c26-20(15-30-16-21-17-31-22-3-1-2-4-23(22)32-21)14-25(9-11-29-12-10-25)13-18-5-7-19(8-6-18)24(27)28/h1-8,20-21,26H,9-17H2/q+1/t20-,21+/m1/s1. The number of nitro groups is 1. The van der Waals surface area contributed by atoms with Crippen molar-refractivity contribution in [3.63, 3.8) is 0 Å². The van der Waals surface area contributed by atoms with E-state index >= 15 is 0 Å². The summed E-state index contributed by atoms with van der Waals surface area (Å²) < 4.78 is 23.5. The zero-order chi connectivity index (χ0) is 22.4. The largest absolute Gasteiger partial charge is 0.486 e. The maximum atomic E-state index is 10.9. The number of nitro benzene ring substituents is 1. The molecule has 4 rings (SSSR count). The van der Waals surface area contributed by atoms with E-state index in [1.54, 1.807) is 12.1 Å². The van der Waals surface area contributed by atoms with Gasteiger partial charge in [0.05, 0.1) is 31.4 Å². The first kappa shape index (κ1) is 22.5. The fraction of sp³-hybridized carbons (Fsp3) is 0.478. The van der Waals surface area contributed by atoms with Gasteiger partial charge in [0.25, 0.3) is 5.69 Å². The van der Waals surface area contributed by atoms with Crippen LogP contribution in [-0.4, -0.2) is 79.4 Å². The zero-order valence-electron chi connectivity index (χ0n) is 17.9. The van der Waals surface area contributed by atoms with Crippen molar-refractivity contribution in [3.8, 4) is 11.5 Å². The SMILES string of the molecule is O=[N+]([O-])c1ccc(C[N+]2(C[C@@H](O)COC[C@H]3COc4ccccc4O3)CCOCC2)cc1. The summed E-state index contributed by atoms with van der Waals surface area (Å²) in [5.41, 5.74) is 1.07. The number of benzene rings is 2. The summed E-state index contributed by atoms with van der Waals surface area (Å²) in [6, 6.07) is 14.1. The summed E-state index contributed by atoms with van der Waals surface area (Å²) in [6.07, 6.45) is -0.869. The molecule has 9 heteroatoms. The Kier molecular flexibility index (Phi) is 7.21. The molecule has 2 aliphatic heterocycles. The molecule has 0 bridgehead atoms. The first-order valence-corrected chi connectivity index (χ1v) is 10.8. The minimum atomic E-state index is -0.650. The van der Waals surface area contributed by atoms with Crippen molar-refractivity contribution in [1.29, 1.82) is 0 Å². The number of hydrogen-bond acceptors (Lipinski definition) is 7. The Morgan fingerprint density at radius 3 is 2.56 bits per heavy atom. The number of fused-ring (bicyclic) bond motifs is 1. The number of para-hydroxylation sites is 2. The van der Waals surface area contributed by atoms with E-state index < -0.39 is 11.0 Å². The number of aliphatic hydroxyl groups excluding tert-OH is 1. The van der Waals surface area contributed by atoms with E-state index in [0.29, 0.717) is 49.7 Å². The highest BCUT2D eigenvalue weighted by Gasteiger charge is 2.33. The second-order valence-electron chi connectivity index (χ2n) is 8.35. The third-order valence-electron chi connectivity index (χ3n) is 5.86. The number of hydrogen-bond donors (Lipinski definition) is 1. The molecule has 1 fully saturated rings. The van der Waals surface area contributed by atoms with Gasteiger partial charge >= 0.3 is 0 Å². The summed E-state index contributed by atoms with van der Waals surface area (Å²) in [4.78, 5) is 10.5. The van der Waals surface area contributed by atoms with Crippen LogP contribution in [0.25, 0.3) is 0 Å². The number of rotatable bonds is 9. The van der Waals surface area contributed by atoms with Crippen molar-refractivity contribution in [1.82, 2.24) is 0 Å². The van der Waals surface area contributed by atoms with Crippen LogP contribution in [0.3, 0.4) is 0 Å². The van der Waals surface area contributed by atoms with Crippen molar-refractivity contribution in [3.05, 3.63) is 64.2 Å². The highest BCUT2D eigenvalue weighted by atomic mass is 16.6. The number of nitrogens with zero attached hydrogens (tertiary/aromatic N) is 2. The van der Waals surface area contributed by atoms with Gasteiger partial charge in [-0.3, -0.25) is 10.1 Å². The van der Waals surface area contributed by atoms with Crippen molar-refractivity contribution in [2.45, 2.75) is 18.8 Å². The third kappa shape index (κ3) is 5.74. The van der Waals surface area contributed by atoms with Crippen LogP contribution in [0.15, 0.2) is 48.5 Å². The maximum Gasteiger partial charge on any atom is 0.269 e. The average Bonchev–Trinajstić information content (AvgIpc) is 2.80. The fourth-order valence-corrected chi connectivity index (χ4v) is 4.23. The number of non-ortho nitro benzene ring substituents is 1. The molecule has 2 atom stereocenters. The molecule has 2 heterocycles. The number of quaternary nitrogens is 1. The molecule has 0 aliphatic carbocycles. The molecule has 0 amide bonds. The van der Waals surface area contributed by atoms with Crippen molar-refractivity contribution in [2.24, 2.45) is 0 Å². The summed E-state index contributed by atoms with van der Waals surface area (Å²) in [6.45, 7) is 4.90. The van der Waals surface area contributed by atoms with E-state index in [2.05, 4.69) is 0 Å². The predicted octanol–water partition coefficient (Wildman–Crippen LogP) is 2.16. The monoisotopic (exact) mass is 445 g/mol. The van der Waals surface area contributed by atoms with E-state index in [1.165, 1.54) is 12.1 Å². The molecule has 1 N–H and O–H groups in total. The van der Waals surface area contributed by atoms with Crippen LogP contribution in [0.1, 0.15) is 5.56 Å². The first-order valence-electron chi connectivity index (χ1n) is 10.8. The lowest BCUT2D eigenvalue weighted by atomic mass is 10.1. The normalized spacial score (nSPS) is 20.5. The van der Waals surface area contributed by atoms with Crippen LogP contribution in [0.5, 0.6) is 11.5 Å². The van der Waals surface area contributed by atoms with E-state index in [4.69, 9.17) is 18.9 Å². The molecular formula is C23H29N2O7+. The molecular weight excluding hydrogens is 416 g/mol. The first-order chi connectivity index (χ1) is 15.5. The highest BCUT2D eigenvalue weighted by molar-refractivity contribution is 5.40. The van der Waals surface area contributed by atoms with Crippen LogP contribution in [0.2, 0.25) is 0 Å². The van der Waals surface area contributed by atoms with Gasteiger partial charge in [-0.05, 0) is 24.3 Å². The molecule has 172 valence electrons. The van der Waals surface area contributed by atoms with Crippen molar-refractivity contribution < 1.29 is 33.5 Å². The van der Waals surface area contributed by atoms with E-state index in [0.717, 1.165) is 24.4 Å². The van der Waals surface area contributed by atoms with Crippen molar-refractivity contribution >= 4 is 5.69 Å². The molecule has 0 spiro atoms. The molecule has 2 aromatic rings. The maximum absolute atomic E-state index is 10.9. The molecule has 0 unspecified atom stereocenters. The van der Waals surface area contributed by atoms with Crippen LogP contribution >= 0.6 is 0 Å². The summed E-state index contributed by atoms with van der Waals surface area (Å²) in [5.74, 6) is 1.43. The van der Waals surface area contributed by atoms with Crippen LogP contribution < -0.4 is 9.47 Å². The minimum Gasteiger partial charge on any atom is -0.486 e. The lowest BCUT2D eigenvalue weighted by molar-refractivity contribution is -0.950. The summed E-state index contributed by atoms with van der Waals surface area (Å²) >= 11 is 0. The van der Waals surface area contributed by atoms with Gasteiger partial charge in [-0.1, -0.05) is 12.1 Å². The van der Waals surface area contributed by atoms with E-state index in [-0.39, 0.29) is 18.4 Å². The average molecular weight is 445 g/mol. The fourth-order valence-electron chi connectivity index (χ4n) is 4.23. The smallest absolute Gasteiger partial charge is 0.269 e. The lowest BCUT2D eigenvalue weighted by Gasteiger charge is -2.42. The Labute approximate surface area is 186 Å².